The highest BCUT2D eigenvalue weighted by molar-refractivity contribution is 5.40. The van der Waals surface area contributed by atoms with Crippen LogP contribution in [0.15, 0.2) is 18.2 Å². The standard InChI is InChI=1S/C19H29NO/c1-5-13(2)20(16-8-9-16)19-11-7-15-6-10-17(21-4)12-18(15)14(19)3/h6,10,12-14,16,19H,5,7-9,11H2,1-4H3. The van der Waals surface area contributed by atoms with Crippen LogP contribution in [0.2, 0.25) is 0 Å². The molecule has 1 aromatic carbocycles. The van der Waals surface area contributed by atoms with Crippen LogP contribution < -0.4 is 4.74 Å². The second-order valence-corrected chi connectivity index (χ2v) is 6.90. The molecular weight excluding hydrogens is 258 g/mol. The Balaban J connectivity index is 1.87. The molecule has 2 heteroatoms. The lowest BCUT2D eigenvalue weighted by Crippen LogP contribution is -2.47. The fraction of sp³-hybridized carbons (Fsp3) is 0.684. The molecule has 0 bridgehead atoms. The minimum atomic E-state index is 0.610. The molecule has 0 saturated heterocycles. The van der Waals surface area contributed by atoms with Crippen molar-refractivity contribution < 1.29 is 4.74 Å². The molecule has 1 fully saturated rings. The number of fused-ring (bicyclic) bond motifs is 1. The average Bonchev–Trinajstić information content (AvgIpc) is 3.34. The molecule has 3 atom stereocenters. The smallest absolute Gasteiger partial charge is 0.119 e. The van der Waals surface area contributed by atoms with Gasteiger partial charge in [0.15, 0.2) is 0 Å². The number of ether oxygens (including phenoxy) is 1. The van der Waals surface area contributed by atoms with E-state index in [9.17, 15) is 0 Å². The summed E-state index contributed by atoms with van der Waals surface area (Å²) in [5.74, 6) is 1.61. The number of benzene rings is 1. The molecular formula is C19H29NO. The Morgan fingerprint density at radius 2 is 2.05 bits per heavy atom. The quantitative estimate of drug-likeness (QED) is 0.797. The van der Waals surface area contributed by atoms with Crippen LogP contribution in [0.4, 0.5) is 0 Å². The molecule has 1 aromatic rings. The van der Waals surface area contributed by atoms with Gasteiger partial charge in [-0.1, -0.05) is 19.9 Å². The van der Waals surface area contributed by atoms with Crippen LogP contribution in [0.1, 0.15) is 63.5 Å². The summed E-state index contributed by atoms with van der Waals surface area (Å²) in [6.45, 7) is 7.15. The molecule has 0 radical (unpaired) electrons. The van der Waals surface area contributed by atoms with Crippen molar-refractivity contribution in [2.75, 3.05) is 7.11 Å². The van der Waals surface area contributed by atoms with Gasteiger partial charge in [-0.15, -0.1) is 0 Å². The van der Waals surface area contributed by atoms with Crippen molar-refractivity contribution >= 4 is 0 Å². The van der Waals surface area contributed by atoms with Crippen molar-refractivity contribution in [2.45, 2.75) is 76.9 Å². The normalized spacial score (nSPS) is 26.5. The Kier molecular flexibility index (Phi) is 4.26. The third-order valence-corrected chi connectivity index (χ3v) is 5.58. The van der Waals surface area contributed by atoms with Gasteiger partial charge in [-0.25, -0.2) is 0 Å². The number of aryl methyl sites for hydroxylation is 1. The van der Waals surface area contributed by atoms with E-state index in [0.29, 0.717) is 18.0 Å². The summed E-state index contributed by atoms with van der Waals surface area (Å²) in [7, 11) is 1.77. The predicted molar refractivity (Wildman–Crippen MR) is 88.1 cm³/mol. The molecule has 0 aromatic heterocycles. The summed E-state index contributed by atoms with van der Waals surface area (Å²) in [4.78, 5) is 2.84. The van der Waals surface area contributed by atoms with Crippen molar-refractivity contribution in [3.63, 3.8) is 0 Å². The molecule has 2 aliphatic rings. The Labute approximate surface area is 129 Å². The highest BCUT2D eigenvalue weighted by atomic mass is 16.5. The van der Waals surface area contributed by atoms with Crippen molar-refractivity contribution in [2.24, 2.45) is 0 Å². The summed E-state index contributed by atoms with van der Waals surface area (Å²) >= 11 is 0. The zero-order chi connectivity index (χ0) is 15.0. The summed E-state index contributed by atoms with van der Waals surface area (Å²) in [5, 5.41) is 0. The van der Waals surface area contributed by atoms with Gasteiger partial charge < -0.3 is 4.74 Å². The second-order valence-electron chi connectivity index (χ2n) is 6.90. The molecule has 0 aliphatic heterocycles. The molecule has 0 N–H and O–H groups in total. The summed E-state index contributed by atoms with van der Waals surface area (Å²) < 4.78 is 5.44. The Bertz CT molecular complexity index is 494. The molecule has 0 heterocycles. The third-order valence-electron chi connectivity index (χ3n) is 5.58. The first-order valence-corrected chi connectivity index (χ1v) is 8.60. The van der Waals surface area contributed by atoms with Gasteiger partial charge in [0, 0.05) is 18.1 Å². The van der Waals surface area contributed by atoms with Crippen LogP contribution in [0.25, 0.3) is 0 Å². The molecule has 3 rings (SSSR count). The fourth-order valence-electron chi connectivity index (χ4n) is 4.06. The lowest BCUT2D eigenvalue weighted by atomic mass is 9.79. The molecule has 21 heavy (non-hydrogen) atoms. The van der Waals surface area contributed by atoms with Crippen LogP contribution in [-0.4, -0.2) is 30.1 Å². The second kappa shape index (κ2) is 6.00. The van der Waals surface area contributed by atoms with Crippen LogP contribution in [0.5, 0.6) is 5.75 Å². The summed E-state index contributed by atoms with van der Waals surface area (Å²) in [6, 6.07) is 8.90. The number of methoxy groups -OCH3 is 1. The first-order chi connectivity index (χ1) is 10.2. The van der Waals surface area contributed by atoms with E-state index in [1.165, 1.54) is 43.2 Å². The Morgan fingerprint density at radius 3 is 2.67 bits per heavy atom. The molecule has 3 unspecified atom stereocenters. The average molecular weight is 287 g/mol. The molecule has 1 saturated carbocycles. The zero-order valence-corrected chi connectivity index (χ0v) is 13.9. The SMILES string of the molecule is CCC(C)N(C1CC1)C1CCc2ccc(OC)cc2C1C. The fourth-order valence-corrected chi connectivity index (χ4v) is 4.06. The maximum Gasteiger partial charge on any atom is 0.119 e. The number of hydrogen-bond acceptors (Lipinski definition) is 2. The number of nitrogens with zero attached hydrogens (tertiary/aromatic N) is 1. The Morgan fingerprint density at radius 1 is 1.29 bits per heavy atom. The van der Waals surface area contributed by atoms with Crippen molar-refractivity contribution in [1.82, 2.24) is 4.90 Å². The maximum atomic E-state index is 5.44. The van der Waals surface area contributed by atoms with E-state index in [2.05, 4.69) is 43.9 Å². The van der Waals surface area contributed by atoms with Gasteiger partial charge in [0.1, 0.15) is 5.75 Å². The van der Waals surface area contributed by atoms with E-state index in [4.69, 9.17) is 4.74 Å². The van der Waals surface area contributed by atoms with Crippen molar-refractivity contribution in [3.8, 4) is 5.75 Å². The van der Waals surface area contributed by atoms with Gasteiger partial charge in [-0.3, -0.25) is 4.90 Å². The van der Waals surface area contributed by atoms with Crippen LogP contribution in [0.3, 0.4) is 0 Å². The third kappa shape index (κ3) is 2.83. The topological polar surface area (TPSA) is 12.5 Å². The van der Waals surface area contributed by atoms with Crippen molar-refractivity contribution in [3.05, 3.63) is 29.3 Å². The first-order valence-electron chi connectivity index (χ1n) is 8.60. The van der Waals surface area contributed by atoms with Gasteiger partial charge in [-0.2, -0.15) is 0 Å². The lowest BCUT2D eigenvalue weighted by Gasteiger charge is -2.43. The summed E-state index contributed by atoms with van der Waals surface area (Å²) in [6.07, 6.45) is 6.58. The lowest BCUT2D eigenvalue weighted by molar-refractivity contribution is 0.101. The van der Waals surface area contributed by atoms with Gasteiger partial charge in [-0.05, 0) is 68.2 Å². The molecule has 2 nitrogen and oxygen atoms in total. The van der Waals surface area contributed by atoms with Gasteiger partial charge in [0.25, 0.3) is 0 Å². The van der Waals surface area contributed by atoms with Crippen LogP contribution >= 0.6 is 0 Å². The summed E-state index contributed by atoms with van der Waals surface area (Å²) in [5.41, 5.74) is 3.04. The van der Waals surface area contributed by atoms with E-state index in [1.807, 2.05) is 0 Å². The Hall–Kier alpha value is -1.02. The van der Waals surface area contributed by atoms with Crippen LogP contribution in [0, 0.1) is 0 Å². The van der Waals surface area contributed by atoms with Crippen molar-refractivity contribution in [1.29, 1.82) is 0 Å². The van der Waals surface area contributed by atoms with E-state index in [-0.39, 0.29) is 0 Å². The zero-order valence-electron chi connectivity index (χ0n) is 13.9. The molecule has 2 aliphatic carbocycles. The predicted octanol–water partition coefficient (Wildman–Crippen LogP) is 4.38. The monoisotopic (exact) mass is 287 g/mol. The molecule has 0 spiro atoms. The largest absolute Gasteiger partial charge is 0.497 e. The minimum Gasteiger partial charge on any atom is -0.497 e. The van der Waals surface area contributed by atoms with E-state index in [1.54, 1.807) is 7.11 Å². The van der Waals surface area contributed by atoms with E-state index >= 15 is 0 Å². The van der Waals surface area contributed by atoms with E-state index < -0.39 is 0 Å². The first kappa shape index (κ1) is 14.9. The van der Waals surface area contributed by atoms with Gasteiger partial charge >= 0.3 is 0 Å². The van der Waals surface area contributed by atoms with E-state index in [0.717, 1.165) is 11.8 Å². The molecule has 116 valence electrons. The molecule has 0 amide bonds. The van der Waals surface area contributed by atoms with Gasteiger partial charge in [0.05, 0.1) is 7.11 Å². The minimum absolute atomic E-state index is 0.610. The number of rotatable bonds is 5. The highest BCUT2D eigenvalue weighted by Gasteiger charge is 2.40. The number of hydrogen-bond donors (Lipinski definition) is 0. The van der Waals surface area contributed by atoms with Crippen LogP contribution in [-0.2, 0) is 6.42 Å². The maximum absolute atomic E-state index is 5.44. The highest BCUT2D eigenvalue weighted by Crippen LogP contribution is 2.41. The van der Waals surface area contributed by atoms with Gasteiger partial charge in [0.2, 0.25) is 0 Å².